The van der Waals surface area contributed by atoms with Crippen molar-refractivity contribution in [3.8, 4) is 11.1 Å². The Balaban J connectivity index is 1.23. The molecule has 0 fully saturated rings. The number of aromatic nitrogens is 3. The summed E-state index contributed by atoms with van der Waals surface area (Å²) in [6.45, 7) is 3.31. The van der Waals surface area contributed by atoms with E-state index in [-0.39, 0.29) is 23.1 Å². The van der Waals surface area contributed by atoms with Gasteiger partial charge in [-0.2, -0.15) is 5.10 Å². The highest BCUT2D eigenvalue weighted by Gasteiger charge is 2.24. The van der Waals surface area contributed by atoms with E-state index >= 15 is 0 Å². The molecule has 0 bridgehead atoms. The van der Waals surface area contributed by atoms with Crippen molar-refractivity contribution in [2.24, 2.45) is 0 Å². The molecule has 1 aliphatic rings. The smallest absolute Gasteiger partial charge is 0.271 e. The zero-order chi connectivity index (χ0) is 25.8. The van der Waals surface area contributed by atoms with Crippen LogP contribution < -0.4 is 10.9 Å². The van der Waals surface area contributed by atoms with Crippen LogP contribution in [0.25, 0.3) is 11.1 Å². The van der Waals surface area contributed by atoms with Crippen molar-refractivity contribution in [2.75, 3.05) is 6.54 Å². The fraction of sp³-hybridized carbons (Fsp3) is 0.207. The van der Waals surface area contributed by atoms with Crippen LogP contribution in [-0.4, -0.2) is 38.4 Å². The highest BCUT2D eigenvalue weighted by atomic mass is 16.2. The Morgan fingerprint density at radius 3 is 2.49 bits per heavy atom. The average molecular weight is 494 g/mol. The lowest BCUT2D eigenvalue weighted by molar-refractivity contribution is -0.131. The number of fused-ring (bicyclic) bond motifs is 1. The molecular weight excluding hydrogens is 466 g/mol. The number of amides is 2. The van der Waals surface area contributed by atoms with Gasteiger partial charge >= 0.3 is 0 Å². The van der Waals surface area contributed by atoms with Gasteiger partial charge in [0.05, 0.1) is 6.42 Å². The first kappa shape index (κ1) is 24.1. The third-order valence-corrected chi connectivity index (χ3v) is 6.70. The maximum atomic E-state index is 13.1. The number of H-pyrrole nitrogens is 1. The van der Waals surface area contributed by atoms with E-state index in [0.29, 0.717) is 32.5 Å². The lowest BCUT2D eigenvalue weighted by Crippen LogP contribution is -2.38. The highest BCUT2D eigenvalue weighted by molar-refractivity contribution is 5.92. The van der Waals surface area contributed by atoms with Crippen LogP contribution in [0.15, 0.2) is 77.7 Å². The van der Waals surface area contributed by atoms with Crippen molar-refractivity contribution >= 4 is 11.8 Å². The molecule has 0 saturated heterocycles. The van der Waals surface area contributed by atoms with E-state index in [4.69, 9.17) is 0 Å². The number of hydrogen-bond donors (Lipinski definition) is 2. The number of nitrogens with one attached hydrogen (secondary N) is 2. The second-order valence-electron chi connectivity index (χ2n) is 9.12. The third-order valence-electron chi connectivity index (χ3n) is 6.70. The second-order valence-corrected chi connectivity index (χ2v) is 9.12. The predicted octanol–water partition coefficient (Wildman–Crippen LogP) is 3.20. The molecule has 1 aliphatic heterocycles. The maximum absolute atomic E-state index is 13.1. The Bertz CT molecular complexity index is 1480. The first-order chi connectivity index (χ1) is 18.0. The van der Waals surface area contributed by atoms with E-state index in [0.717, 1.165) is 39.1 Å². The van der Waals surface area contributed by atoms with Crippen LogP contribution in [0.4, 0.5) is 0 Å². The van der Waals surface area contributed by atoms with Crippen molar-refractivity contribution in [1.82, 2.24) is 25.4 Å². The Hall–Kier alpha value is -4.59. The van der Waals surface area contributed by atoms with Gasteiger partial charge in [0.25, 0.3) is 11.5 Å². The highest BCUT2D eigenvalue weighted by Crippen LogP contribution is 2.25. The molecule has 2 N–H and O–H groups in total. The Labute approximate surface area is 214 Å². The van der Waals surface area contributed by atoms with Crippen molar-refractivity contribution in [3.05, 3.63) is 117 Å². The topological polar surface area (TPSA) is 108 Å². The molecule has 5 rings (SSSR count). The molecule has 0 radical (unpaired) electrons. The molecule has 0 saturated carbocycles. The van der Waals surface area contributed by atoms with Gasteiger partial charge in [0.2, 0.25) is 5.91 Å². The SMILES string of the molecule is Cc1ncc2c(c1CNC(=O)c1ccc(=O)[nH]n1)CCN(C(=O)Cc1ccc(-c3ccccc3)cc1)C2. The molecule has 2 amide bonds. The molecule has 0 aliphatic carbocycles. The number of pyridine rings is 1. The van der Waals surface area contributed by atoms with Crippen molar-refractivity contribution in [3.63, 3.8) is 0 Å². The molecule has 2 aromatic heterocycles. The van der Waals surface area contributed by atoms with Gasteiger partial charge in [0.15, 0.2) is 0 Å². The number of aryl methyl sites for hydroxylation is 1. The summed E-state index contributed by atoms with van der Waals surface area (Å²) in [7, 11) is 0. The molecule has 2 aromatic carbocycles. The predicted molar refractivity (Wildman–Crippen MR) is 140 cm³/mol. The third kappa shape index (κ3) is 5.48. The largest absolute Gasteiger partial charge is 0.346 e. The van der Waals surface area contributed by atoms with E-state index in [1.165, 1.54) is 12.1 Å². The standard InChI is InChI=1S/C29H27N5O3/c1-19-25(17-31-29(37)26-11-12-27(35)33-32-26)24-13-14-34(18-23(24)16-30-19)28(36)15-20-7-9-22(10-8-20)21-5-3-2-4-6-21/h2-12,16H,13-15,17-18H2,1H3,(H,31,37)(H,33,35). The molecule has 0 spiro atoms. The molecule has 3 heterocycles. The first-order valence-corrected chi connectivity index (χ1v) is 12.2. The van der Waals surface area contributed by atoms with E-state index in [1.54, 1.807) is 0 Å². The van der Waals surface area contributed by atoms with E-state index < -0.39 is 0 Å². The minimum atomic E-state index is -0.376. The van der Waals surface area contributed by atoms with Gasteiger partial charge in [-0.25, -0.2) is 5.10 Å². The quantitative estimate of drug-likeness (QED) is 0.429. The summed E-state index contributed by atoms with van der Waals surface area (Å²) in [5.74, 6) is -0.295. The molecule has 8 nitrogen and oxygen atoms in total. The van der Waals surface area contributed by atoms with E-state index in [2.05, 4.69) is 44.8 Å². The van der Waals surface area contributed by atoms with Gasteiger partial charge in [-0.05, 0) is 52.8 Å². The normalized spacial score (nSPS) is 12.6. The molecule has 4 aromatic rings. The molecular formula is C29H27N5O3. The number of rotatable bonds is 6. The zero-order valence-electron chi connectivity index (χ0n) is 20.5. The van der Waals surface area contributed by atoms with E-state index in [9.17, 15) is 14.4 Å². The van der Waals surface area contributed by atoms with Crippen molar-refractivity contribution in [1.29, 1.82) is 0 Å². The molecule has 8 heteroatoms. The number of benzene rings is 2. The fourth-order valence-corrected chi connectivity index (χ4v) is 4.63. The number of hydrogen-bond acceptors (Lipinski definition) is 5. The minimum Gasteiger partial charge on any atom is -0.346 e. The summed E-state index contributed by atoms with van der Waals surface area (Å²) in [4.78, 5) is 43.1. The van der Waals surface area contributed by atoms with Gasteiger partial charge in [0, 0.05) is 37.6 Å². The lowest BCUT2D eigenvalue weighted by Gasteiger charge is -2.30. The summed E-state index contributed by atoms with van der Waals surface area (Å²) in [5.41, 5.74) is 6.96. The van der Waals surface area contributed by atoms with Crippen LogP contribution in [0.3, 0.4) is 0 Å². The molecule has 186 valence electrons. The first-order valence-electron chi connectivity index (χ1n) is 12.2. The van der Waals surface area contributed by atoms with Crippen LogP contribution in [0, 0.1) is 6.92 Å². The summed E-state index contributed by atoms with van der Waals surface area (Å²) in [6, 6.07) is 21.0. The van der Waals surface area contributed by atoms with Gasteiger partial charge < -0.3 is 10.2 Å². The van der Waals surface area contributed by atoms with Crippen LogP contribution >= 0.6 is 0 Å². The molecule has 0 atom stereocenters. The Morgan fingerprint density at radius 2 is 1.76 bits per heavy atom. The van der Waals surface area contributed by atoms with Crippen LogP contribution in [0.2, 0.25) is 0 Å². The number of aromatic amines is 1. The van der Waals surface area contributed by atoms with Crippen LogP contribution in [0.1, 0.15) is 38.4 Å². The van der Waals surface area contributed by atoms with E-state index in [1.807, 2.05) is 48.4 Å². The molecule has 37 heavy (non-hydrogen) atoms. The van der Waals surface area contributed by atoms with Gasteiger partial charge in [-0.1, -0.05) is 54.6 Å². The van der Waals surface area contributed by atoms with Gasteiger partial charge in [-0.15, -0.1) is 0 Å². The number of nitrogens with zero attached hydrogens (tertiary/aromatic N) is 3. The number of carbonyl (C=O) groups is 2. The van der Waals surface area contributed by atoms with Crippen molar-refractivity contribution < 1.29 is 9.59 Å². The minimum absolute atomic E-state index is 0.0812. The number of carbonyl (C=O) groups excluding carboxylic acids is 2. The Kier molecular flexibility index (Phi) is 6.89. The van der Waals surface area contributed by atoms with Crippen LogP contribution in [0.5, 0.6) is 0 Å². The summed E-state index contributed by atoms with van der Waals surface area (Å²) in [6.07, 6.45) is 2.87. The fourth-order valence-electron chi connectivity index (χ4n) is 4.63. The van der Waals surface area contributed by atoms with Gasteiger partial charge in [0.1, 0.15) is 5.69 Å². The zero-order valence-corrected chi connectivity index (χ0v) is 20.5. The summed E-state index contributed by atoms with van der Waals surface area (Å²) < 4.78 is 0. The average Bonchev–Trinajstić information content (AvgIpc) is 2.93. The van der Waals surface area contributed by atoms with Crippen LogP contribution in [-0.2, 0) is 30.7 Å². The monoisotopic (exact) mass is 493 g/mol. The lowest BCUT2D eigenvalue weighted by atomic mass is 9.94. The van der Waals surface area contributed by atoms with Gasteiger partial charge in [-0.3, -0.25) is 19.4 Å². The van der Waals surface area contributed by atoms with Crippen molar-refractivity contribution in [2.45, 2.75) is 32.9 Å². The molecule has 0 unspecified atom stereocenters. The Morgan fingerprint density at radius 1 is 1.00 bits per heavy atom. The summed E-state index contributed by atoms with van der Waals surface area (Å²) in [5, 5.41) is 8.91. The maximum Gasteiger partial charge on any atom is 0.271 e. The second kappa shape index (κ2) is 10.6. The summed E-state index contributed by atoms with van der Waals surface area (Å²) >= 11 is 0.